The zero-order chi connectivity index (χ0) is 47.0. The number of hydrogen-bond acceptors (Lipinski definition) is 6. The molecule has 0 bridgehead atoms. The van der Waals surface area contributed by atoms with Crippen molar-refractivity contribution in [3.63, 3.8) is 0 Å². The Kier molecular flexibility index (Phi) is 10.8. The van der Waals surface area contributed by atoms with Gasteiger partial charge in [0, 0.05) is 38.7 Å². The Hall–Kier alpha value is -8.98. The molecule has 0 saturated heterocycles. The predicted molar refractivity (Wildman–Crippen MR) is 288 cm³/mol. The van der Waals surface area contributed by atoms with E-state index in [1.54, 1.807) is 0 Å². The van der Waals surface area contributed by atoms with Crippen LogP contribution < -0.4 is 20.7 Å². The van der Waals surface area contributed by atoms with E-state index in [2.05, 4.69) is 210 Å². The molecular weight excluding hydrogens is 871 g/mol. The SMILES string of the molecule is Cc1nc(C)nc(-c2ccc3c(c2)c2ccccc2n3-c2ccc(-c3cccc([Si](c4ccccc4)(c4ccccc4)c4ccccc4)c3)c(-c3nc(-c4ccccc4)nc(-c4ccccc4)n3)c2)n1. The van der Waals surface area contributed by atoms with Gasteiger partial charge in [0.25, 0.3) is 0 Å². The van der Waals surface area contributed by atoms with Crippen molar-refractivity contribution in [2.75, 3.05) is 0 Å². The number of para-hydroxylation sites is 1. The van der Waals surface area contributed by atoms with Crippen LogP contribution in [0.15, 0.2) is 237 Å². The van der Waals surface area contributed by atoms with Gasteiger partial charge in [-0.1, -0.05) is 200 Å². The van der Waals surface area contributed by atoms with Crippen molar-refractivity contribution in [3.8, 4) is 62.4 Å². The summed E-state index contributed by atoms with van der Waals surface area (Å²) in [6.07, 6.45) is 0. The molecule has 0 aliphatic carbocycles. The third kappa shape index (κ3) is 7.57. The summed E-state index contributed by atoms with van der Waals surface area (Å²) in [4.78, 5) is 29.7. The third-order valence-corrected chi connectivity index (χ3v) is 18.0. The van der Waals surface area contributed by atoms with Gasteiger partial charge in [-0.25, -0.2) is 29.9 Å². The van der Waals surface area contributed by atoms with E-state index < -0.39 is 8.07 Å². The number of nitrogens with zero attached hydrogens (tertiary/aromatic N) is 7. The number of rotatable bonds is 10. The molecule has 0 fully saturated rings. The van der Waals surface area contributed by atoms with Gasteiger partial charge in [-0.05, 0) is 82.1 Å². The molecule has 3 heterocycles. The quantitative estimate of drug-likeness (QED) is 0.100. The smallest absolute Gasteiger partial charge is 0.179 e. The Bertz CT molecular complexity index is 3670. The molecule has 0 aliphatic rings. The lowest BCUT2D eigenvalue weighted by Gasteiger charge is -2.34. The zero-order valence-corrected chi connectivity index (χ0v) is 39.6. The Morgan fingerprint density at radius 3 is 1.36 bits per heavy atom. The lowest BCUT2D eigenvalue weighted by molar-refractivity contribution is 0.929. The van der Waals surface area contributed by atoms with E-state index in [0.717, 1.165) is 60.9 Å². The van der Waals surface area contributed by atoms with Gasteiger partial charge in [0.1, 0.15) is 11.6 Å². The molecule has 12 rings (SSSR count). The monoisotopic (exact) mass is 915 g/mol. The summed E-state index contributed by atoms with van der Waals surface area (Å²) in [6, 6.07) is 84.6. The molecule has 0 aliphatic heterocycles. The number of benzene rings is 9. The summed E-state index contributed by atoms with van der Waals surface area (Å²) in [5, 5.41) is 7.44. The molecule has 0 spiro atoms. The highest BCUT2D eigenvalue weighted by atomic mass is 28.3. The molecule has 3 aromatic heterocycles. The number of aryl methyl sites for hydroxylation is 2. The second-order valence-corrected chi connectivity index (χ2v) is 21.3. The topological polar surface area (TPSA) is 82.3 Å². The maximum Gasteiger partial charge on any atom is 0.179 e. The predicted octanol–water partition coefficient (Wildman–Crippen LogP) is 11.5. The summed E-state index contributed by atoms with van der Waals surface area (Å²) in [6.45, 7) is 3.82. The van der Waals surface area contributed by atoms with Crippen molar-refractivity contribution in [1.29, 1.82) is 0 Å². The van der Waals surface area contributed by atoms with E-state index in [1.807, 2.05) is 50.2 Å². The zero-order valence-electron chi connectivity index (χ0n) is 38.6. The van der Waals surface area contributed by atoms with Gasteiger partial charge in [0.2, 0.25) is 0 Å². The maximum absolute atomic E-state index is 5.36. The van der Waals surface area contributed by atoms with Crippen LogP contribution in [0.25, 0.3) is 84.2 Å². The van der Waals surface area contributed by atoms with Crippen LogP contribution in [-0.2, 0) is 0 Å². The minimum absolute atomic E-state index is 0.580. The number of aromatic nitrogens is 7. The van der Waals surface area contributed by atoms with Crippen LogP contribution in [0.5, 0.6) is 0 Å². The second-order valence-electron chi connectivity index (χ2n) is 17.5. The first-order valence-electron chi connectivity index (χ1n) is 23.5. The molecule has 70 heavy (non-hydrogen) atoms. The molecule has 12 aromatic rings. The highest BCUT2D eigenvalue weighted by Gasteiger charge is 2.41. The summed E-state index contributed by atoms with van der Waals surface area (Å²) in [5.41, 5.74) is 8.83. The van der Waals surface area contributed by atoms with Gasteiger partial charge < -0.3 is 4.57 Å². The van der Waals surface area contributed by atoms with Gasteiger partial charge in [-0.3, -0.25) is 0 Å². The van der Waals surface area contributed by atoms with E-state index in [1.165, 1.54) is 20.7 Å². The van der Waals surface area contributed by atoms with Crippen molar-refractivity contribution in [2.45, 2.75) is 13.8 Å². The third-order valence-electron chi connectivity index (χ3n) is 13.2. The van der Waals surface area contributed by atoms with E-state index in [0.29, 0.717) is 34.9 Å². The summed E-state index contributed by atoms with van der Waals surface area (Å²) in [7, 11) is -2.88. The van der Waals surface area contributed by atoms with E-state index in [9.17, 15) is 0 Å². The van der Waals surface area contributed by atoms with Crippen LogP contribution in [0.3, 0.4) is 0 Å². The normalized spacial score (nSPS) is 11.6. The van der Waals surface area contributed by atoms with Gasteiger partial charge in [0.15, 0.2) is 31.4 Å². The first kappa shape index (κ1) is 42.4. The molecule has 9 aromatic carbocycles. The van der Waals surface area contributed by atoms with Crippen molar-refractivity contribution in [3.05, 3.63) is 248 Å². The van der Waals surface area contributed by atoms with Crippen LogP contribution in [0.2, 0.25) is 0 Å². The molecular formula is C62H45N7Si. The first-order chi connectivity index (χ1) is 34.5. The van der Waals surface area contributed by atoms with E-state index in [-0.39, 0.29) is 0 Å². The Labute approximate surface area is 407 Å². The highest BCUT2D eigenvalue weighted by Crippen LogP contribution is 2.39. The van der Waals surface area contributed by atoms with Crippen molar-refractivity contribution < 1.29 is 0 Å². The minimum Gasteiger partial charge on any atom is -0.309 e. The molecule has 0 radical (unpaired) electrons. The molecule has 8 heteroatoms. The summed E-state index contributed by atoms with van der Waals surface area (Å²) >= 11 is 0. The lowest BCUT2D eigenvalue weighted by Crippen LogP contribution is -2.74. The van der Waals surface area contributed by atoms with Crippen LogP contribution in [-0.4, -0.2) is 42.5 Å². The van der Waals surface area contributed by atoms with Crippen LogP contribution in [0, 0.1) is 13.8 Å². The minimum atomic E-state index is -2.88. The van der Waals surface area contributed by atoms with Crippen LogP contribution in [0.4, 0.5) is 0 Å². The van der Waals surface area contributed by atoms with Crippen LogP contribution in [0.1, 0.15) is 11.6 Å². The van der Waals surface area contributed by atoms with E-state index >= 15 is 0 Å². The molecule has 0 atom stereocenters. The van der Waals surface area contributed by atoms with Crippen molar-refractivity contribution >= 4 is 50.6 Å². The maximum atomic E-state index is 5.36. The largest absolute Gasteiger partial charge is 0.309 e. The first-order valence-corrected chi connectivity index (χ1v) is 25.5. The van der Waals surface area contributed by atoms with Gasteiger partial charge >= 0.3 is 0 Å². The fraction of sp³-hybridized carbons (Fsp3) is 0.0323. The second kappa shape index (κ2) is 17.9. The molecule has 0 N–H and O–H groups in total. The van der Waals surface area contributed by atoms with Crippen molar-refractivity contribution in [2.24, 2.45) is 0 Å². The van der Waals surface area contributed by atoms with E-state index in [4.69, 9.17) is 24.9 Å². The highest BCUT2D eigenvalue weighted by molar-refractivity contribution is 7.19. The van der Waals surface area contributed by atoms with Gasteiger partial charge in [-0.2, -0.15) is 0 Å². The Morgan fingerprint density at radius 1 is 0.300 bits per heavy atom. The Morgan fingerprint density at radius 2 is 0.771 bits per heavy atom. The number of hydrogen-bond donors (Lipinski definition) is 0. The average molecular weight is 916 g/mol. The van der Waals surface area contributed by atoms with Crippen molar-refractivity contribution in [1.82, 2.24) is 34.5 Å². The Balaban J connectivity index is 1.13. The molecule has 332 valence electrons. The molecule has 7 nitrogen and oxygen atoms in total. The number of fused-ring (bicyclic) bond motifs is 3. The van der Waals surface area contributed by atoms with Crippen LogP contribution >= 0.6 is 0 Å². The standard InChI is InChI=1S/C62H45N7Si/c1-42-63-43(2)65-61(64-42)47-35-38-58-55(40-47)54-33-18-19-34-57(54)69(58)48-36-37-53(56(41-48)62-67-59(44-21-8-3-9-22-44)66-60(68-62)45-23-10-4-11-24-45)46-25-20-32-52(39-46)70(49-26-12-5-13-27-49,50-28-14-6-15-29-50)51-30-16-7-17-31-51/h3-41H,1-2H3. The average Bonchev–Trinajstić information content (AvgIpc) is 3.76. The molecule has 0 saturated carbocycles. The van der Waals surface area contributed by atoms with Gasteiger partial charge in [0.05, 0.1) is 11.0 Å². The fourth-order valence-corrected chi connectivity index (χ4v) is 15.0. The van der Waals surface area contributed by atoms with Gasteiger partial charge in [-0.15, -0.1) is 0 Å². The fourth-order valence-electron chi connectivity index (χ4n) is 10.2. The lowest BCUT2D eigenvalue weighted by atomic mass is 9.98. The molecule has 0 amide bonds. The summed E-state index contributed by atoms with van der Waals surface area (Å²) < 4.78 is 2.34. The molecule has 0 unspecified atom stereocenters. The summed E-state index contributed by atoms with van der Waals surface area (Å²) in [5.74, 6) is 3.84.